The Morgan fingerprint density at radius 2 is 1.77 bits per heavy atom. The van der Waals surface area contributed by atoms with Crippen LogP contribution in [-0.4, -0.2) is 20.7 Å². The van der Waals surface area contributed by atoms with E-state index in [2.05, 4.69) is 16.5 Å². The number of carbonyl (C=O) groups excluding carboxylic acids is 1. The number of para-hydroxylation sites is 1. The van der Waals surface area contributed by atoms with E-state index < -0.39 is 0 Å². The number of nitrogens with one attached hydrogen (secondary N) is 1. The Labute approximate surface area is 174 Å². The quantitative estimate of drug-likeness (QED) is 0.708. The standard InChI is InChI=1S/C24H23N5O/c25-13-19-14-26-29(21-6-5-18-3-1-2-4-20(18)27-21)22(19)28-23(30)24-10-15-7-16(11-24)9-17(8-15)12-24/h1-6,14-17H,7-12H2,(H,28,30). The highest BCUT2D eigenvalue weighted by molar-refractivity contribution is 5.96. The average molecular weight is 397 g/mol. The van der Waals surface area contributed by atoms with E-state index >= 15 is 0 Å². The Bertz CT molecular complexity index is 1170. The lowest BCUT2D eigenvalue weighted by Gasteiger charge is -2.55. The number of nitrogens with zero attached hydrogens (tertiary/aromatic N) is 4. The van der Waals surface area contributed by atoms with Gasteiger partial charge in [0.25, 0.3) is 0 Å². The lowest BCUT2D eigenvalue weighted by atomic mass is 9.49. The fourth-order valence-corrected chi connectivity index (χ4v) is 6.53. The molecule has 7 rings (SSSR count). The zero-order valence-corrected chi connectivity index (χ0v) is 16.7. The van der Waals surface area contributed by atoms with E-state index in [-0.39, 0.29) is 11.3 Å². The summed E-state index contributed by atoms with van der Waals surface area (Å²) < 4.78 is 1.59. The number of aromatic nitrogens is 3. The van der Waals surface area contributed by atoms with Crippen LogP contribution in [0.1, 0.15) is 44.1 Å². The van der Waals surface area contributed by atoms with Gasteiger partial charge in [-0.2, -0.15) is 15.0 Å². The van der Waals surface area contributed by atoms with Gasteiger partial charge < -0.3 is 5.32 Å². The number of carbonyl (C=O) groups is 1. The molecule has 1 amide bonds. The molecule has 30 heavy (non-hydrogen) atoms. The summed E-state index contributed by atoms with van der Waals surface area (Å²) in [5, 5.41) is 18.2. The van der Waals surface area contributed by atoms with Crippen molar-refractivity contribution >= 4 is 22.6 Å². The van der Waals surface area contributed by atoms with Gasteiger partial charge in [0, 0.05) is 5.39 Å². The summed E-state index contributed by atoms with van der Waals surface area (Å²) in [6.45, 7) is 0. The monoisotopic (exact) mass is 397 g/mol. The zero-order valence-electron chi connectivity index (χ0n) is 16.7. The number of nitriles is 1. The number of hydrogen-bond acceptors (Lipinski definition) is 4. The molecule has 0 radical (unpaired) electrons. The SMILES string of the molecule is N#Cc1cnn(-c2ccc3ccccc3n2)c1NC(=O)C12CC3CC(CC(C3)C1)C2. The smallest absolute Gasteiger partial charge is 0.231 e. The van der Waals surface area contributed by atoms with Gasteiger partial charge in [-0.05, 0) is 74.5 Å². The molecule has 1 aromatic carbocycles. The molecule has 4 fully saturated rings. The van der Waals surface area contributed by atoms with Gasteiger partial charge in [0.15, 0.2) is 11.6 Å². The highest BCUT2D eigenvalue weighted by Crippen LogP contribution is 2.60. The maximum atomic E-state index is 13.5. The van der Waals surface area contributed by atoms with Gasteiger partial charge in [-0.15, -0.1) is 0 Å². The lowest BCUT2D eigenvalue weighted by Crippen LogP contribution is -2.52. The summed E-state index contributed by atoms with van der Waals surface area (Å²) in [4.78, 5) is 18.2. The third kappa shape index (κ3) is 2.65. The maximum absolute atomic E-state index is 13.5. The van der Waals surface area contributed by atoms with Crippen LogP contribution < -0.4 is 5.32 Å². The molecule has 6 heteroatoms. The Morgan fingerprint density at radius 3 is 2.47 bits per heavy atom. The molecule has 3 aromatic rings. The zero-order chi connectivity index (χ0) is 20.3. The summed E-state index contributed by atoms with van der Waals surface area (Å²) in [6.07, 6.45) is 8.31. The molecular weight excluding hydrogens is 374 g/mol. The van der Waals surface area contributed by atoms with E-state index in [0.29, 0.717) is 35.0 Å². The van der Waals surface area contributed by atoms with E-state index in [9.17, 15) is 10.1 Å². The predicted molar refractivity (Wildman–Crippen MR) is 113 cm³/mol. The van der Waals surface area contributed by atoms with E-state index in [0.717, 1.165) is 30.2 Å². The fourth-order valence-electron chi connectivity index (χ4n) is 6.53. The molecule has 1 N–H and O–H groups in total. The average Bonchev–Trinajstić information content (AvgIpc) is 3.15. The highest BCUT2D eigenvalue weighted by atomic mass is 16.2. The van der Waals surface area contributed by atoms with Crippen molar-refractivity contribution in [2.24, 2.45) is 23.2 Å². The maximum Gasteiger partial charge on any atom is 0.231 e. The van der Waals surface area contributed by atoms with E-state index in [1.807, 2.05) is 36.4 Å². The van der Waals surface area contributed by atoms with Crippen LogP contribution in [0.15, 0.2) is 42.6 Å². The fraction of sp³-hybridized carbons (Fsp3) is 0.417. The number of anilines is 1. The molecule has 150 valence electrons. The molecule has 0 saturated heterocycles. The number of benzene rings is 1. The minimum absolute atomic E-state index is 0.0561. The van der Waals surface area contributed by atoms with Crippen molar-refractivity contribution in [2.75, 3.05) is 5.32 Å². The minimum Gasteiger partial charge on any atom is -0.309 e. The molecule has 0 atom stereocenters. The third-order valence-corrected chi connectivity index (χ3v) is 7.44. The molecule has 4 aliphatic rings. The van der Waals surface area contributed by atoms with Crippen molar-refractivity contribution in [3.63, 3.8) is 0 Å². The normalized spacial score (nSPS) is 29.1. The van der Waals surface area contributed by atoms with Gasteiger partial charge in [0.2, 0.25) is 5.91 Å². The summed E-state index contributed by atoms with van der Waals surface area (Å²) in [5.74, 6) is 3.14. The Kier molecular flexibility index (Phi) is 3.76. The first kappa shape index (κ1) is 17.6. The molecule has 2 heterocycles. The molecule has 0 aliphatic heterocycles. The van der Waals surface area contributed by atoms with Crippen LogP contribution in [-0.2, 0) is 4.79 Å². The third-order valence-electron chi connectivity index (χ3n) is 7.44. The van der Waals surface area contributed by atoms with E-state index in [1.165, 1.54) is 25.5 Å². The van der Waals surface area contributed by atoms with Crippen LogP contribution in [0, 0.1) is 34.5 Å². The number of amides is 1. The van der Waals surface area contributed by atoms with Gasteiger partial charge in [0.05, 0.1) is 17.1 Å². The number of hydrogen-bond donors (Lipinski definition) is 1. The molecule has 4 saturated carbocycles. The Morgan fingerprint density at radius 1 is 1.07 bits per heavy atom. The predicted octanol–water partition coefficient (Wildman–Crippen LogP) is 4.45. The molecule has 2 aromatic heterocycles. The lowest BCUT2D eigenvalue weighted by molar-refractivity contribution is -0.140. The summed E-state index contributed by atoms with van der Waals surface area (Å²) in [6, 6.07) is 13.9. The second kappa shape index (κ2) is 6.40. The Hall–Kier alpha value is -3.20. The van der Waals surface area contributed by atoms with Crippen LogP contribution in [0.3, 0.4) is 0 Å². The van der Waals surface area contributed by atoms with Crippen LogP contribution in [0.5, 0.6) is 0 Å². The van der Waals surface area contributed by atoms with Crippen LogP contribution >= 0.6 is 0 Å². The molecular formula is C24H23N5O. The van der Waals surface area contributed by atoms with E-state index in [1.54, 1.807) is 4.68 Å². The second-order valence-corrected chi connectivity index (χ2v) is 9.44. The van der Waals surface area contributed by atoms with Crippen molar-refractivity contribution in [1.29, 1.82) is 5.26 Å². The molecule has 0 unspecified atom stereocenters. The van der Waals surface area contributed by atoms with Gasteiger partial charge >= 0.3 is 0 Å². The first-order valence-corrected chi connectivity index (χ1v) is 10.8. The summed E-state index contributed by atoms with van der Waals surface area (Å²) >= 11 is 0. The molecule has 6 nitrogen and oxygen atoms in total. The first-order valence-electron chi connectivity index (χ1n) is 10.8. The first-order chi connectivity index (χ1) is 14.6. The number of pyridine rings is 1. The van der Waals surface area contributed by atoms with Crippen molar-refractivity contribution in [2.45, 2.75) is 38.5 Å². The Balaban J connectivity index is 1.36. The van der Waals surface area contributed by atoms with Crippen molar-refractivity contribution < 1.29 is 4.79 Å². The highest BCUT2D eigenvalue weighted by Gasteiger charge is 2.54. The van der Waals surface area contributed by atoms with Crippen molar-refractivity contribution in [1.82, 2.24) is 14.8 Å². The van der Waals surface area contributed by atoms with Gasteiger partial charge in [-0.25, -0.2) is 4.98 Å². The van der Waals surface area contributed by atoms with Crippen LogP contribution in [0.2, 0.25) is 0 Å². The van der Waals surface area contributed by atoms with Gasteiger partial charge in [-0.1, -0.05) is 18.2 Å². The van der Waals surface area contributed by atoms with Crippen molar-refractivity contribution in [3.05, 3.63) is 48.2 Å². The van der Waals surface area contributed by atoms with Gasteiger partial charge in [-0.3, -0.25) is 4.79 Å². The van der Waals surface area contributed by atoms with Crippen LogP contribution in [0.4, 0.5) is 5.82 Å². The number of fused-ring (bicyclic) bond motifs is 1. The molecule has 0 spiro atoms. The summed E-state index contributed by atoms with van der Waals surface area (Å²) in [7, 11) is 0. The molecule has 4 bridgehead atoms. The minimum atomic E-state index is -0.284. The topological polar surface area (TPSA) is 83.6 Å². The van der Waals surface area contributed by atoms with Gasteiger partial charge in [0.1, 0.15) is 11.6 Å². The largest absolute Gasteiger partial charge is 0.309 e. The number of rotatable bonds is 3. The van der Waals surface area contributed by atoms with Crippen molar-refractivity contribution in [3.8, 4) is 11.9 Å². The van der Waals surface area contributed by atoms with Crippen LogP contribution in [0.25, 0.3) is 16.7 Å². The summed E-state index contributed by atoms with van der Waals surface area (Å²) in [5.41, 5.74) is 0.929. The second-order valence-electron chi connectivity index (χ2n) is 9.44. The van der Waals surface area contributed by atoms with E-state index in [4.69, 9.17) is 4.98 Å². The molecule has 4 aliphatic carbocycles.